The van der Waals surface area contributed by atoms with E-state index in [-0.39, 0.29) is 24.0 Å². The Hall–Kier alpha value is -4.33. The smallest absolute Gasteiger partial charge is 0.453 e. The zero-order valence-corrected chi connectivity index (χ0v) is 20.7. The number of aliphatic hydroxyl groups is 3. The van der Waals surface area contributed by atoms with Gasteiger partial charge in [0, 0.05) is 35.4 Å². The number of amides is 2. The highest BCUT2D eigenvalue weighted by Crippen LogP contribution is 2.38. The first-order valence-electron chi connectivity index (χ1n) is 12.1. The molecule has 11 nitrogen and oxygen atoms in total. The van der Waals surface area contributed by atoms with Crippen LogP contribution in [0.5, 0.6) is 11.6 Å². The Morgan fingerprint density at radius 1 is 1.05 bits per heavy atom. The quantitative estimate of drug-likeness (QED) is 0.273. The summed E-state index contributed by atoms with van der Waals surface area (Å²) in [5, 5.41) is 32.7. The van der Waals surface area contributed by atoms with Crippen LogP contribution in [0.3, 0.4) is 0 Å². The average molecular weight is 542 g/mol. The number of aromatic nitrogens is 3. The Morgan fingerprint density at radius 3 is 2.49 bits per heavy atom. The number of aryl methyl sites for hydroxylation is 1. The molecule has 39 heavy (non-hydrogen) atoms. The van der Waals surface area contributed by atoms with Crippen LogP contribution in [-0.4, -0.2) is 55.3 Å². The standard InChI is InChI=1S/C26H25F2N5O6/c1-2-11-31-13-17-12-19(6-9-21(17)30-31)32-14-16-3-10-23(38-15-22(27)28)29-24(16)33(25(32)34)18-4-7-20(8-5-18)39-26(35,36)37/h3-10,12-13,22,35-37H,2,11,14-15H2,1H3. The van der Waals surface area contributed by atoms with E-state index in [4.69, 9.17) is 20.1 Å². The zero-order chi connectivity index (χ0) is 27.7. The van der Waals surface area contributed by atoms with Gasteiger partial charge in [-0.1, -0.05) is 6.92 Å². The molecule has 2 amide bonds. The third-order valence-corrected chi connectivity index (χ3v) is 5.90. The minimum Gasteiger partial charge on any atom is -0.472 e. The van der Waals surface area contributed by atoms with Gasteiger partial charge in [-0.25, -0.2) is 18.5 Å². The SMILES string of the molecule is CCCn1cc2cc(N3Cc4ccc(OCC(F)F)nc4N(c4ccc(OC(O)(O)O)cc4)C3=O)ccc2n1. The molecule has 0 saturated heterocycles. The molecule has 0 fully saturated rings. The van der Waals surface area contributed by atoms with Gasteiger partial charge < -0.3 is 24.8 Å². The summed E-state index contributed by atoms with van der Waals surface area (Å²) >= 11 is 0. The summed E-state index contributed by atoms with van der Waals surface area (Å²) in [7, 11) is 0. The number of halogens is 2. The van der Waals surface area contributed by atoms with Gasteiger partial charge >= 0.3 is 12.2 Å². The topological polar surface area (TPSA) is 133 Å². The lowest BCUT2D eigenvalue weighted by Gasteiger charge is -2.36. The number of nitrogens with zero attached hydrogens (tertiary/aromatic N) is 5. The lowest BCUT2D eigenvalue weighted by Crippen LogP contribution is -2.45. The summed E-state index contributed by atoms with van der Waals surface area (Å²) in [6.45, 7) is 2.12. The van der Waals surface area contributed by atoms with E-state index in [9.17, 15) is 13.6 Å². The minimum absolute atomic E-state index is 0.0735. The molecule has 2 aromatic heterocycles. The van der Waals surface area contributed by atoms with E-state index in [1.54, 1.807) is 17.0 Å². The number of urea groups is 1. The predicted molar refractivity (Wildman–Crippen MR) is 136 cm³/mol. The van der Waals surface area contributed by atoms with Gasteiger partial charge in [0.1, 0.15) is 11.6 Å². The summed E-state index contributed by atoms with van der Waals surface area (Å²) in [6.07, 6.45) is -3.24. The fraction of sp³-hybridized carbons (Fsp3) is 0.269. The maximum absolute atomic E-state index is 13.9. The van der Waals surface area contributed by atoms with Gasteiger partial charge in [0.05, 0.1) is 17.7 Å². The van der Waals surface area contributed by atoms with Crippen molar-refractivity contribution in [2.24, 2.45) is 0 Å². The van der Waals surface area contributed by atoms with Crippen LogP contribution < -0.4 is 19.3 Å². The van der Waals surface area contributed by atoms with E-state index in [1.165, 1.54) is 35.2 Å². The van der Waals surface area contributed by atoms with Crippen LogP contribution in [0, 0.1) is 0 Å². The van der Waals surface area contributed by atoms with Gasteiger partial charge in [-0.3, -0.25) is 9.58 Å². The summed E-state index contributed by atoms with van der Waals surface area (Å²) < 4.78 is 37.0. The Morgan fingerprint density at radius 2 is 1.79 bits per heavy atom. The van der Waals surface area contributed by atoms with Crippen LogP contribution in [0.15, 0.2) is 60.8 Å². The number of anilines is 3. The third kappa shape index (κ3) is 5.74. The van der Waals surface area contributed by atoms with Gasteiger partial charge in [-0.15, -0.1) is 0 Å². The predicted octanol–water partition coefficient (Wildman–Crippen LogP) is 3.73. The second-order valence-corrected chi connectivity index (χ2v) is 8.84. The van der Waals surface area contributed by atoms with E-state index in [0.717, 1.165) is 23.9 Å². The molecular weight excluding hydrogens is 516 g/mol. The number of rotatable bonds is 9. The highest BCUT2D eigenvalue weighted by Gasteiger charge is 2.34. The van der Waals surface area contributed by atoms with Crippen LogP contribution in [0.1, 0.15) is 18.9 Å². The van der Waals surface area contributed by atoms with Crippen molar-refractivity contribution in [3.8, 4) is 11.6 Å². The molecule has 1 aliphatic heterocycles. The van der Waals surface area contributed by atoms with E-state index in [1.807, 2.05) is 23.0 Å². The molecule has 13 heteroatoms. The number of alkyl halides is 2. The number of pyridine rings is 1. The Bertz CT molecular complexity index is 1490. The molecule has 3 N–H and O–H groups in total. The number of carbonyl (C=O) groups excluding carboxylic acids is 1. The van der Waals surface area contributed by atoms with Crippen molar-refractivity contribution in [1.29, 1.82) is 0 Å². The molecular formula is C26H25F2N5O6. The zero-order valence-electron chi connectivity index (χ0n) is 20.7. The average Bonchev–Trinajstić information content (AvgIpc) is 3.29. The lowest BCUT2D eigenvalue weighted by atomic mass is 10.1. The number of fused-ring (bicyclic) bond motifs is 2. The van der Waals surface area contributed by atoms with Gasteiger partial charge in [0.15, 0.2) is 6.61 Å². The van der Waals surface area contributed by atoms with E-state index in [0.29, 0.717) is 16.9 Å². The van der Waals surface area contributed by atoms with Crippen molar-refractivity contribution in [1.82, 2.24) is 14.8 Å². The molecule has 0 saturated carbocycles. The molecule has 0 unspecified atom stereocenters. The number of ether oxygens (including phenoxy) is 2. The van der Waals surface area contributed by atoms with Crippen molar-refractivity contribution in [2.75, 3.05) is 16.4 Å². The molecule has 0 atom stereocenters. The number of hydrogen-bond donors (Lipinski definition) is 3. The summed E-state index contributed by atoms with van der Waals surface area (Å²) in [5.74, 6) is 0.0225. The fourth-order valence-corrected chi connectivity index (χ4v) is 4.29. The summed E-state index contributed by atoms with van der Waals surface area (Å²) in [6, 6.07) is 13.6. The molecule has 0 spiro atoms. The lowest BCUT2D eigenvalue weighted by molar-refractivity contribution is -0.419. The van der Waals surface area contributed by atoms with E-state index < -0.39 is 25.2 Å². The van der Waals surface area contributed by atoms with E-state index in [2.05, 4.69) is 21.7 Å². The Balaban J connectivity index is 1.54. The number of hydrogen-bond acceptors (Lipinski definition) is 8. The molecule has 0 bridgehead atoms. The van der Waals surface area contributed by atoms with Gasteiger partial charge in [-0.05, 0) is 55.0 Å². The molecule has 3 heterocycles. The van der Waals surface area contributed by atoms with Gasteiger partial charge in [0.2, 0.25) is 5.88 Å². The van der Waals surface area contributed by atoms with Crippen LogP contribution >= 0.6 is 0 Å². The second kappa shape index (κ2) is 10.4. The minimum atomic E-state index is -3.38. The first-order valence-corrected chi connectivity index (χ1v) is 12.1. The first kappa shape index (κ1) is 26.3. The first-order chi connectivity index (χ1) is 18.6. The number of carbonyl (C=O) groups is 1. The Labute approximate surface area is 221 Å². The second-order valence-electron chi connectivity index (χ2n) is 8.84. The maximum Gasteiger partial charge on any atom is 0.453 e. The van der Waals surface area contributed by atoms with Crippen LogP contribution in [0.25, 0.3) is 10.9 Å². The largest absolute Gasteiger partial charge is 0.472 e. The molecule has 204 valence electrons. The molecule has 0 radical (unpaired) electrons. The van der Waals surface area contributed by atoms with Gasteiger partial charge in [0.25, 0.3) is 6.43 Å². The van der Waals surface area contributed by atoms with Crippen molar-refractivity contribution in [3.05, 3.63) is 66.4 Å². The molecule has 1 aliphatic rings. The van der Waals surface area contributed by atoms with Crippen LogP contribution in [0.2, 0.25) is 0 Å². The van der Waals surface area contributed by atoms with Crippen molar-refractivity contribution in [2.45, 2.75) is 39.0 Å². The molecule has 4 aromatic rings. The molecule has 5 rings (SSSR count). The van der Waals surface area contributed by atoms with Crippen molar-refractivity contribution in [3.63, 3.8) is 0 Å². The van der Waals surface area contributed by atoms with Crippen molar-refractivity contribution >= 4 is 34.1 Å². The van der Waals surface area contributed by atoms with Crippen LogP contribution in [-0.2, 0) is 13.1 Å². The monoisotopic (exact) mass is 541 g/mol. The van der Waals surface area contributed by atoms with Gasteiger partial charge in [-0.2, -0.15) is 10.1 Å². The summed E-state index contributed by atoms with van der Waals surface area (Å²) in [5.41, 5.74) is 2.34. The molecule has 2 aromatic carbocycles. The third-order valence-electron chi connectivity index (χ3n) is 5.90. The highest BCUT2D eigenvalue weighted by molar-refractivity contribution is 6.10. The summed E-state index contributed by atoms with van der Waals surface area (Å²) in [4.78, 5) is 21.1. The maximum atomic E-state index is 13.9. The molecule has 0 aliphatic carbocycles. The van der Waals surface area contributed by atoms with E-state index >= 15 is 0 Å². The van der Waals surface area contributed by atoms with Crippen molar-refractivity contribution < 1.29 is 38.4 Å². The Kier molecular flexibility index (Phi) is 7.04. The number of benzene rings is 2. The highest BCUT2D eigenvalue weighted by atomic mass is 19.3. The normalized spacial score (nSPS) is 13.8. The van der Waals surface area contributed by atoms with Crippen LogP contribution in [0.4, 0.5) is 30.8 Å². The fourth-order valence-electron chi connectivity index (χ4n) is 4.29.